The fourth-order valence-corrected chi connectivity index (χ4v) is 2.37. The number of para-hydroxylation sites is 1. The van der Waals surface area contributed by atoms with Gasteiger partial charge in [0.15, 0.2) is 0 Å². The molecule has 3 rings (SSSR count). The van der Waals surface area contributed by atoms with Crippen molar-refractivity contribution in [1.29, 1.82) is 0 Å². The van der Waals surface area contributed by atoms with E-state index in [9.17, 15) is 9.18 Å². The lowest BCUT2D eigenvalue weighted by atomic mass is 10.1. The molecule has 0 aliphatic heterocycles. The molecular weight excluding hydrogens is 317 g/mol. The van der Waals surface area contributed by atoms with Crippen molar-refractivity contribution in [2.24, 2.45) is 0 Å². The summed E-state index contributed by atoms with van der Waals surface area (Å²) in [7, 11) is 0. The zero-order valence-electron chi connectivity index (χ0n) is 13.6. The molecule has 0 fully saturated rings. The number of hydrogen-bond donors (Lipinski definition) is 2. The standard InChI is InChI=1S/C20H18FN3O/c21-17-8-4-5-9-18(17)24-19-11-10-16(14-23-19)20(25)22-13-12-15-6-2-1-3-7-15/h1-11,14H,12-13H2,(H,22,25)(H,23,24). The van der Waals surface area contributed by atoms with Gasteiger partial charge in [0.1, 0.15) is 11.6 Å². The van der Waals surface area contributed by atoms with Crippen LogP contribution in [0.25, 0.3) is 0 Å². The van der Waals surface area contributed by atoms with E-state index >= 15 is 0 Å². The van der Waals surface area contributed by atoms with Crippen LogP contribution in [0.2, 0.25) is 0 Å². The van der Waals surface area contributed by atoms with Gasteiger partial charge in [-0.15, -0.1) is 0 Å². The molecule has 0 aliphatic rings. The van der Waals surface area contributed by atoms with Crippen molar-refractivity contribution in [3.63, 3.8) is 0 Å². The summed E-state index contributed by atoms with van der Waals surface area (Å²) in [5.41, 5.74) is 1.98. The summed E-state index contributed by atoms with van der Waals surface area (Å²) in [6.07, 6.45) is 2.24. The van der Waals surface area contributed by atoms with Crippen LogP contribution in [0, 0.1) is 5.82 Å². The maximum absolute atomic E-state index is 13.6. The Morgan fingerprint density at radius 3 is 2.44 bits per heavy atom. The summed E-state index contributed by atoms with van der Waals surface area (Å²) in [6, 6.07) is 19.6. The van der Waals surface area contributed by atoms with Crippen LogP contribution >= 0.6 is 0 Å². The number of hydrogen-bond acceptors (Lipinski definition) is 3. The van der Waals surface area contributed by atoms with E-state index in [2.05, 4.69) is 15.6 Å². The van der Waals surface area contributed by atoms with Gasteiger partial charge in [0.25, 0.3) is 5.91 Å². The number of nitrogens with one attached hydrogen (secondary N) is 2. The molecule has 0 spiro atoms. The zero-order chi connectivity index (χ0) is 17.5. The minimum Gasteiger partial charge on any atom is -0.352 e. The molecule has 4 nitrogen and oxygen atoms in total. The molecule has 25 heavy (non-hydrogen) atoms. The molecule has 126 valence electrons. The van der Waals surface area contributed by atoms with Gasteiger partial charge in [-0.05, 0) is 36.2 Å². The van der Waals surface area contributed by atoms with Crippen molar-refractivity contribution >= 4 is 17.4 Å². The second-order valence-electron chi connectivity index (χ2n) is 5.53. The fraction of sp³-hybridized carbons (Fsp3) is 0.100. The maximum atomic E-state index is 13.6. The van der Waals surface area contributed by atoms with Gasteiger partial charge in [-0.1, -0.05) is 42.5 Å². The maximum Gasteiger partial charge on any atom is 0.252 e. The highest BCUT2D eigenvalue weighted by atomic mass is 19.1. The lowest BCUT2D eigenvalue weighted by Crippen LogP contribution is -2.25. The molecule has 3 aromatic rings. The third-order valence-corrected chi connectivity index (χ3v) is 3.70. The summed E-state index contributed by atoms with van der Waals surface area (Å²) in [6.45, 7) is 0.554. The number of rotatable bonds is 6. The van der Waals surface area contributed by atoms with E-state index in [1.54, 1.807) is 30.3 Å². The number of amides is 1. The molecule has 1 heterocycles. The summed E-state index contributed by atoms with van der Waals surface area (Å²) in [4.78, 5) is 16.3. The Kier molecular flexibility index (Phi) is 5.36. The van der Waals surface area contributed by atoms with Crippen LogP contribution in [0.3, 0.4) is 0 Å². The highest BCUT2D eigenvalue weighted by Gasteiger charge is 2.07. The van der Waals surface area contributed by atoms with Crippen molar-refractivity contribution in [2.45, 2.75) is 6.42 Å². The van der Waals surface area contributed by atoms with E-state index in [0.29, 0.717) is 23.6 Å². The first-order valence-electron chi connectivity index (χ1n) is 8.02. The predicted molar refractivity (Wildman–Crippen MR) is 96.4 cm³/mol. The number of anilines is 2. The van der Waals surface area contributed by atoms with Crippen molar-refractivity contribution in [2.75, 3.05) is 11.9 Å². The molecule has 0 saturated heterocycles. The normalized spacial score (nSPS) is 10.3. The van der Waals surface area contributed by atoms with Crippen LogP contribution in [0.4, 0.5) is 15.9 Å². The minimum atomic E-state index is -0.355. The quantitative estimate of drug-likeness (QED) is 0.717. The molecule has 2 aromatic carbocycles. The van der Waals surface area contributed by atoms with Gasteiger partial charge in [-0.25, -0.2) is 9.37 Å². The number of aromatic nitrogens is 1. The molecule has 0 aliphatic carbocycles. The van der Waals surface area contributed by atoms with Gasteiger partial charge < -0.3 is 10.6 Å². The molecule has 1 aromatic heterocycles. The van der Waals surface area contributed by atoms with Crippen molar-refractivity contribution in [3.05, 3.63) is 89.9 Å². The van der Waals surface area contributed by atoms with Crippen molar-refractivity contribution in [3.8, 4) is 0 Å². The van der Waals surface area contributed by atoms with Crippen LogP contribution < -0.4 is 10.6 Å². The number of benzene rings is 2. The van der Waals surface area contributed by atoms with Crippen LogP contribution in [0.1, 0.15) is 15.9 Å². The summed E-state index contributed by atoms with van der Waals surface area (Å²) < 4.78 is 13.6. The predicted octanol–water partition coefficient (Wildman–Crippen LogP) is 3.94. The molecule has 0 saturated carbocycles. The summed E-state index contributed by atoms with van der Waals surface area (Å²) in [5.74, 6) is -0.0566. The summed E-state index contributed by atoms with van der Waals surface area (Å²) >= 11 is 0. The lowest BCUT2D eigenvalue weighted by molar-refractivity contribution is 0.0954. The third-order valence-electron chi connectivity index (χ3n) is 3.70. The summed E-state index contributed by atoms with van der Waals surface area (Å²) in [5, 5.41) is 5.75. The Hall–Kier alpha value is -3.21. The Labute approximate surface area is 145 Å². The number of pyridine rings is 1. The first kappa shape index (κ1) is 16.6. The van der Waals surface area contributed by atoms with E-state index in [4.69, 9.17) is 0 Å². The Balaban J connectivity index is 1.54. The largest absolute Gasteiger partial charge is 0.352 e. The highest BCUT2D eigenvalue weighted by molar-refractivity contribution is 5.94. The van der Waals surface area contributed by atoms with Crippen LogP contribution in [-0.2, 0) is 6.42 Å². The average molecular weight is 335 g/mol. The monoisotopic (exact) mass is 335 g/mol. The van der Waals surface area contributed by atoms with Gasteiger partial charge in [0.05, 0.1) is 11.3 Å². The second kappa shape index (κ2) is 8.06. The topological polar surface area (TPSA) is 54.0 Å². The van der Waals surface area contributed by atoms with Gasteiger partial charge in [-0.2, -0.15) is 0 Å². The van der Waals surface area contributed by atoms with E-state index in [0.717, 1.165) is 6.42 Å². The van der Waals surface area contributed by atoms with Gasteiger partial charge >= 0.3 is 0 Å². The number of nitrogens with zero attached hydrogens (tertiary/aromatic N) is 1. The molecule has 0 radical (unpaired) electrons. The average Bonchev–Trinajstić information content (AvgIpc) is 2.65. The minimum absolute atomic E-state index is 0.180. The highest BCUT2D eigenvalue weighted by Crippen LogP contribution is 2.17. The third kappa shape index (κ3) is 4.64. The smallest absolute Gasteiger partial charge is 0.252 e. The van der Waals surface area contributed by atoms with E-state index in [1.165, 1.54) is 17.8 Å². The second-order valence-corrected chi connectivity index (χ2v) is 5.53. The zero-order valence-corrected chi connectivity index (χ0v) is 13.6. The van der Waals surface area contributed by atoms with E-state index in [1.807, 2.05) is 30.3 Å². The van der Waals surface area contributed by atoms with Crippen LogP contribution in [0.5, 0.6) is 0 Å². The van der Waals surface area contributed by atoms with Crippen LogP contribution in [-0.4, -0.2) is 17.4 Å². The van der Waals surface area contributed by atoms with Crippen molar-refractivity contribution < 1.29 is 9.18 Å². The molecule has 2 N–H and O–H groups in total. The molecule has 0 unspecified atom stereocenters. The van der Waals surface area contributed by atoms with E-state index < -0.39 is 0 Å². The number of carbonyl (C=O) groups excluding carboxylic acids is 1. The Morgan fingerprint density at radius 1 is 0.960 bits per heavy atom. The number of halogens is 1. The van der Waals surface area contributed by atoms with Crippen LogP contribution in [0.15, 0.2) is 72.9 Å². The Bertz CT molecular complexity index is 835. The van der Waals surface area contributed by atoms with E-state index in [-0.39, 0.29) is 11.7 Å². The van der Waals surface area contributed by atoms with Gasteiger partial charge in [0.2, 0.25) is 0 Å². The SMILES string of the molecule is O=C(NCCc1ccccc1)c1ccc(Nc2ccccc2F)nc1. The molecule has 0 atom stereocenters. The first-order chi connectivity index (χ1) is 12.2. The first-order valence-corrected chi connectivity index (χ1v) is 8.02. The van der Waals surface area contributed by atoms with Crippen molar-refractivity contribution in [1.82, 2.24) is 10.3 Å². The lowest BCUT2D eigenvalue weighted by Gasteiger charge is -2.08. The van der Waals surface area contributed by atoms with Gasteiger partial charge in [-0.3, -0.25) is 4.79 Å². The molecule has 5 heteroatoms. The molecular formula is C20H18FN3O. The number of carbonyl (C=O) groups is 1. The Morgan fingerprint density at radius 2 is 1.72 bits per heavy atom. The molecule has 1 amide bonds. The van der Waals surface area contributed by atoms with Gasteiger partial charge in [0, 0.05) is 12.7 Å². The fourth-order valence-electron chi connectivity index (χ4n) is 2.37. The molecule has 0 bridgehead atoms.